The number of piperidine rings is 1. The van der Waals surface area contributed by atoms with E-state index in [0.29, 0.717) is 0 Å². The van der Waals surface area contributed by atoms with Gasteiger partial charge in [0, 0.05) is 17.6 Å². The van der Waals surface area contributed by atoms with Gasteiger partial charge < -0.3 is 0 Å². The second-order valence-corrected chi connectivity index (χ2v) is 5.73. The van der Waals surface area contributed by atoms with E-state index in [9.17, 15) is 4.79 Å². The summed E-state index contributed by atoms with van der Waals surface area (Å²) >= 11 is 1.49. The Hall–Kier alpha value is -1.46. The number of nitrogens with zero attached hydrogens (tertiary/aromatic N) is 3. The van der Waals surface area contributed by atoms with Gasteiger partial charge in [-0.2, -0.15) is 0 Å². The molecule has 5 heteroatoms. The molecule has 1 aliphatic heterocycles. The predicted octanol–water partition coefficient (Wildman–Crippen LogP) is 2.47. The van der Waals surface area contributed by atoms with Gasteiger partial charge in [0.05, 0.1) is 11.7 Å². The third-order valence-corrected chi connectivity index (χ3v) is 4.39. The number of hydrogen-bond acceptors (Lipinski definition) is 4. The van der Waals surface area contributed by atoms with Crippen molar-refractivity contribution in [1.29, 1.82) is 0 Å². The van der Waals surface area contributed by atoms with Crippen molar-refractivity contribution in [2.45, 2.75) is 25.3 Å². The number of aromatic nitrogens is 2. The van der Waals surface area contributed by atoms with Crippen LogP contribution in [0.3, 0.4) is 0 Å². The molecule has 100 valence electrons. The summed E-state index contributed by atoms with van der Waals surface area (Å²) in [6.07, 6.45) is 7.38. The molecular weight excluding hydrogens is 258 g/mol. The molecule has 0 bridgehead atoms. The summed E-state index contributed by atoms with van der Waals surface area (Å²) in [7, 11) is 0. The fourth-order valence-corrected chi connectivity index (χ4v) is 3.39. The molecule has 3 rings (SSSR count). The van der Waals surface area contributed by atoms with Crippen LogP contribution in [0.4, 0.5) is 0 Å². The van der Waals surface area contributed by atoms with Gasteiger partial charge in [0.15, 0.2) is 4.96 Å². The fraction of sp³-hybridized carbons (Fsp3) is 0.429. The zero-order chi connectivity index (χ0) is 13.2. The van der Waals surface area contributed by atoms with Gasteiger partial charge >= 0.3 is 0 Å². The lowest BCUT2D eigenvalue weighted by Crippen LogP contribution is -2.34. The third kappa shape index (κ3) is 2.35. The molecule has 0 aromatic carbocycles. The van der Waals surface area contributed by atoms with Crippen molar-refractivity contribution < 1.29 is 0 Å². The highest BCUT2D eigenvalue weighted by atomic mass is 32.1. The molecule has 1 unspecified atom stereocenters. The molecule has 0 aliphatic carbocycles. The average molecular weight is 275 g/mol. The summed E-state index contributed by atoms with van der Waals surface area (Å²) in [5.74, 6) is 0. The number of fused-ring (bicyclic) bond motifs is 1. The molecule has 1 saturated heterocycles. The molecule has 19 heavy (non-hydrogen) atoms. The van der Waals surface area contributed by atoms with E-state index in [1.165, 1.54) is 30.6 Å². The van der Waals surface area contributed by atoms with Crippen LogP contribution < -0.4 is 5.56 Å². The van der Waals surface area contributed by atoms with Crippen molar-refractivity contribution in [3.8, 4) is 0 Å². The summed E-state index contributed by atoms with van der Waals surface area (Å²) < 4.78 is 1.59. The summed E-state index contributed by atoms with van der Waals surface area (Å²) in [5, 5.41) is 1.89. The van der Waals surface area contributed by atoms with Gasteiger partial charge in [-0.05, 0) is 25.9 Å². The zero-order valence-corrected chi connectivity index (χ0v) is 11.6. The highest BCUT2D eigenvalue weighted by Gasteiger charge is 2.21. The van der Waals surface area contributed by atoms with Crippen molar-refractivity contribution in [1.82, 2.24) is 14.3 Å². The van der Waals surface area contributed by atoms with Crippen LogP contribution in [0.15, 0.2) is 35.1 Å². The Morgan fingerprint density at radius 2 is 2.16 bits per heavy atom. The van der Waals surface area contributed by atoms with E-state index in [2.05, 4.69) is 16.5 Å². The van der Waals surface area contributed by atoms with Gasteiger partial charge in [-0.1, -0.05) is 12.5 Å². The molecule has 0 radical (unpaired) electrons. The maximum Gasteiger partial charge on any atom is 0.258 e. The molecule has 4 nitrogen and oxygen atoms in total. The number of rotatable bonds is 3. The topological polar surface area (TPSA) is 37.6 Å². The number of thiazole rings is 1. The Balaban J connectivity index is 2.00. The maximum atomic E-state index is 12.0. The van der Waals surface area contributed by atoms with Gasteiger partial charge in [-0.15, -0.1) is 17.9 Å². The van der Waals surface area contributed by atoms with E-state index >= 15 is 0 Å². The standard InChI is InChI=1S/C14H17N3OS/c1-2-12(16-6-4-3-5-7-16)11-10-13(18)17-8-9-19-14(17)15-11/h2,8-10,12H,1,3-7H2. The molecule has 0 N–H and O–H groups in total. The molecule has 1 atom stereocenters. The quantitative estimate of drug-likeness (QED) is 0.808. The van der Waals surface area contributed by atoms with E-state index in [1.54, 1.807) is 16.7 Å². The first-order valence-corrected chi connectivity index (χ1v) is 7.51. The van der Waals surface area contributed by atoms with Gasteiger partial charge in [0.2, 0.25) is 0 Å². The lowest BCUT2D eigenvalue weighted by molar-refractivity contribution is 0.189. The first kappa shape index (κ1) is 12.6. The number of likely N-dealkylation sites (tertiary alicyclic amines) is 1. The monoisotopic (exact) mass is 275 g/mol. The third-order valence-electron chi connectivity index (χ3n) is 3.63. The molecule has 0 saturated carbocycles. The summed E-state index contributed by atoms with van der Waals surface area (Å²) in [4.78, 5) is 19.8. The van der Waals surface area contributed by atoms with Crippen LogP contribution in [0.1, 0.15) is 31.0 Å². The van der Waals surface area contributed by atoms with E-state index in [1.807, 2.05) is 11.5 Å². The van der Waals surface area contributed by atoms with Gasteiger partial charge in [-0.25, -0.2) is 4.98 Å². The smallest absolute Gasteiger partial charge is 0.258 e. The molecule has 1 aliphatic rings. The Bertz CT molecular complexity index is 639. The van der Waals surface area contributed by atoms with E-state index in [4.69, 9.17) is 0 Å². The fourth-order valence-electron chi connectivity index (χ4n) is 2.66. The highest BCUT2D eigenvalue weighted by Crippen LogP contribution is 2.24. The minimum Gasteiger partial charge on any atom is -0.292 e. The van der Waals surface area contributed by atoms with Crippen LogP contribution in [0.5, 0.6) is 0 Å². The van der Waals surface area contributed by atoms with Crippen molar-refractivity contribution in [3.63, 3.8) is 0 Å². The van der Waals surface area contributed by atoms with Crippen LogP contribution in [0, 0.1) is 0 Å². The Labute approximate surface area is 116 Å². The minimum absolute atomic E-state index is 0.00916. The summed E-state index contributed by atoms with van der Waals surface area (Å²) in [5.41, 5.74) is 0.814. The SMILES string of the molecule is C=CC(c1cc(=O)n2ccsc2n1)N1CCCCC1. The molecule has 2 aromatic rings. The van der Waals surface area contributed by atoms with E-state index in [0.717, 1.165) is 23.7 Å². The maximum absolute atomic E-state index is 12.0. The average Bonchev–Trinajstić information content (AvgIpc) is 2.90. The molecule has 2 aromatic heterocycles. The first-order chi connectivity index (χ1) is 9.29. The first-order valence-electron chi connectivity index (χ1n) is 6.63. The molecule has 0 spiro atoms. The van der Waals surface area contributed by atoms with E-state index < -0.39 is 0 Å². The lowest BCUT2D eigenvalue weighted by atomic mass is 10.1. The Morgan fingerprint density at radius 1 is 1.37 bits per heavy atom. The van der Waals surface area contributed by atoms with Crippen LogP contribution in [0.2, 0.25) is 0 Å². The highest BCUT2D eigenvalue weighted by molar-refractivity contribution is 7.15. The summed E-state index contributed by atoms with van der Waals surface area (Å²) in [6.45, 7) is 6.04. The molecule has 3 heterocycles. The predicted molar refractivity (Wildman–Crippen MR) is 77.7 cm³/mol. The number of hydrogen-bond donors (Lipinski definition) is 0. The van der Waals surface area contributed by atoms with E-state index in [-0.39, 0.29) is 11.6 Å². The second kappa shape index (κ2) is 5.27. The van der Waals surface area contributed by atoms with Crippen molar-refractivity contribution in [2.75, 3.05) is 13.1 Å². The molecular formula is C14H17N3OS. The van der Waals surface area contributed by atoms with Crippen molar-refractivity contribution in [3.05, 3.63) is 46.3 Å². The van der Waals surface area contributed by atoms with Gasteiger partial charge in [0.25, 0.3) is 5.56 Å². The van der Waals surface area contributed by atoms with Crippen LogP contribution in [-0.4, -0.2) is 27.4 Å². The lowest BCUT2D eigenvalue weighted by Gasteiger charge is -2.32. The van der Waals surface area contributed by atoms with Crippen molar-refractivity contribution >= 4 is 16.3 Å². The zero-order valence-electron chi connectivity index (χ0n) is 10.8. The van der Waals surface area contributed by atoms with Gasteiger partial charge in [-0.3, -0.25) is 14.1 Å². The summed E-state index contributed by atoms with van der Waals surface area (Å²) in [6, 6.07) is 1.70. The van der Waals surface area contributed by atoms with Crippen LogP contribution >= 0.6 is 11.3 Å². The second-order valence-electron chi connectivity index (χ2n) is 4.85. The normalized spacial score (nSPS) is 18.5. The Morgan fingerprint density at radius 3 is 2.89 bits per heavy atom. The molecule has 0 amide bonds. The Kier molecular flexibility index (Phi) is 3.48. The van der Waals surface area contributed by atoms with Crippen molar-refractivity contribution in [2.24, 2.45) is 0 Å². The molecule has 1 fully saturated rings. The van der Waals surface area contributed by atoms with Gasteiger partial charge in [0.1, 0.15) is 0 Å². The largest absolute Gasteiger partial charge is 0.292 e. The minimum atomic E-state index is -0.00916. The van der Waals surface area contributed by atoms with Crippen LogP contribution in [0.25, 0.3) is 4.96 Å². The van der Waals surface area contributed by atoms with Crippen LogP contribution in [-0.2, 0) is 0 Å².